The Labute approximate surface area is 92.5 Å². The van der Waals surface area contributed by atoms with Crippen LogP contribution in [0.1, 0.15) is 52.9 Å². The van der Waals surface area contributed by atoms with E-state index in [1.807, 2.05) is 6.92 Å². The zero-order valence-corrected chi connectivity index (χ0v) is 10.1. The monoisotopic (exact) mass is 213 g/mol. The third kappa shape index (κ3) is 3.82. The zero-order valence-electron chi connectivity index (χ0n) is 10.1. The Kier molecular flexibility index (Phi) is 4.58. The number of carbonyl (C=O) groups excluding carboxylic acids is 1. The first kappa shape index (κ1) is 12.5. The van der Waals surface area contributed by atoms with Crippen LogP contribution in [0.4, 0.5) is 0 Å². The quantitative estimate of drug-likeness (QED) is 0.729. The maximum atomic E-state index is 11.9. The van der Waals surface area contributed by atoms with Gasteiger partial charge in [-0.2, -0.15) is 0 Å². The van der Waals surface area contributed by atoms with Gasteiger partial charge in [0.2, 0.25) is 5.91 Å². The molecular weight excluding hydrogens is 190 g/mol. The highest BCUT2D eigenvalue weighted by molar-refractivity contribution is 5.81. The number of nitrogens with one attached hydrogen (secondary N) is 1. The first-order valence-corrected chi connectivity index (χ1v) is 5.97. The van der Waals surface area contributed by atoms with Crippen LogP contribution in [0.25, 0.3) is 0 Å². The molecule has 0 unspecified atom stereocenters. The van der Waals surface area contributed by atoms with E-state index in [1.165, 1.54) is 6.42 Å². The van der Waals surface area contributed by atoms with Gasteiger partial charge in [0.25, 0.3) is 0 Å². The van der Waals surface area contributed by atoms with Crippen LogP contribution >= 0.6 is 0 Å². The molecule has 0 heterocycles. The zero-order chi connectivity index (χ0) is 11.3. The summed E-state index contributed by atoms with van der Waals surface area (Å²) in [6, 6.07) is 0. The Morgan fingerprint density at radius 3 is 2.47 bits per heavy atom. The normalized spacial score (nSPS) is 20.3. The van der Waals surface area contributed by atoms with Crippen molar-refractivity contribution in [2.75, 3.05) is 6.61 Å². The average molecular weight is 213 g/mol. The molecule has 3 nitrogen and oxygen atoms in total. The van der Waals surface area contributed by atoms with Crippen molar-refractivity contribution in [3.63, 3.8) is 0 Å². The van der Waals surface area contributed by atoms with Gasteiger partial charge in [-0.1, -0.05) is 40.0 Å². The number of amides is 1. The molecule has 0 bridgehead atoms. The van der Waals surface area contributed by atoms with Gasteiger partial charge < -0.3 is 0 Å². The summed E-state index contributed by atoms with van der Waals surface area (Å²) >= 11 is 0. The third-order valence-electron chi connectivity index (χ3n) is 3.09. The van der Waals surface area contributed by atoms with Gasteiger partial charge in [0.15, 0.2) is 0 Å². The van der Waals surface area contributed by atoms with E-state index < -0.39 is 0 Å². The molecule has 88 valence electrons. The van der Waals surface area contributed by atoms with Crippen molar-refractivity contribution in [3.8, 4) is 0 Å². The Balaban J connectivity index is 2.31. The molecule has 0 radical (unpaired) electrons. The van der Waals surface area contributed by atoms with Crippen molar-refractivity contribution in [2.24, 2.45) is 11.3 Å². The van der Waals surface area contributed by atoms with Crippen LogP contribution in [0.3, 0.4) is 0 Å². The van der Waals surface area contributed by atoms with Gasteiger partial charge in [-0.25, -0.2) is 5.48 Å². The highest BCUT2D eigenvalue weighted by atomic mass is 16.7. The van der Waals surface area contributed by atoms with Crippen molar-refractivity contribution < 1.29 is 9.63 Å². The van der Waals surface area contributed by atoms with Crippen LogP contribution in [0, 0.1) is 11.3 Å². The second kappa shape index (κ2) is 5.50. The van der Waals surface area contributed by atoms with Crippen LogP contribution in [0.5, 0.6) is 0 Å². The van der Waals surface area contributed by atoms with E-state index in [0.717, 1.165) is 25.7 Å². The van der Waals surface area contributed by atoms with Crippen molar-refractivity contribution >= 4 is 5.91 Å². The van der Waals surface area contributed by atoms with Crippen molar-refractivity contribution in [3.05, 3.63) is 0 Å². The Bertz CT molecular complexity index is 208. The van der Waals surface area contributed by atoms with E-state index in [1.54, 1.807) is 0 Å². The smallest absolute Gasteiger partial charge is 0.249 e. The maximum absolute atomic E-state index is 11.9. The molecule has 0 spiro atoms. The van der Waals surface area contributed by atoms with E-state index in [9.17, 15) is 4.79 Å². The summed E-state index contributed by atoms with van der Waals surface area (Å²) in [5.74, 6) is 0.507. The molecule has 1 amide bonds. The number of hydroxylamine groups is 1. The summed E-state index contributed by atoms with van der Waals surface area (Å²) in [5, 5.41) is 0. The third-order valence-corrected chi connectivity index (χ3v) is 3.09. The van der Waals surface area contributed by atoms with Crippen molar-refractivity contribution in [1.29, 1.82) is 0 Å². The predicted molar refractivity (Wildman–Crippen MR) is 60.1 cm³/mol. The molecule has 0 aliphatic heterocycles. The van der Waals surface area contributed by atoms with Gasteiger partial charge >= 0.3 is 0 Å². The predicted octanol–water partition coefficient (Wildman–Crippen LogP) is 2.66. The fourth-order valence-corrected chi connectivity index (χ4v) is 1.96. The molecule has 15 heavy (non-hydrogen) atoms. The molecule has 1 N–H and O–H groups in total. The van der Waals surface area contributed by atoms with Crippen LogP contribution in [0.2, 0.25) is 0 Å². The van der Waals surface area contributed by atoms with Crippen LogP contribution in [-0.2, 0) is 9.63 Å². The van der Waals surface area contributed by atoms with Crippen LogP contribution in [-0.4, -0.2) is 12.5 Å². The Morgan fingerprint density at radius 2 is 1.93 bits per heavy atom. The molecule has 1 aliphatic rings. The highest BCUT2D eigenvalue weighted by Gasteiger charge is 2.34. The molecule has 0 aromatic rings. The number of rotatable bonds is 4. The lowest BCUT2D eigenvalue weighted by molar-refractivity contribution is -0.146. The first-order valence-electron chi connectivity index (χ1n) is 5.97. The lowest BCUT2D eigenvalue weighted by atomic mass is 9.75. The molecule has 3 heteroatoms. The minimum Gasteiger partial charge on any atom is -0.273 e. The molecular formula is C12H23NO2. The standard InChI is InChI=1S/C12H23NO2/c1-10(2)9-15-13-11(14)12(3)7-5-4-6-8-12/h10H,4-9H2,1-3H3,(H,13,14). The van der Waals surface area contributed by atoms with E-state index in [-0.39, 0.29) is 11.3 Å². The van der Waals surface area contributed by atoms with Gasteiger partial charge in [0.05, 0.1) is 6.61 Å². The summed E-state index contributed by atoms with van der Waals surface area (Å²) in [6.45, 7) is 6.75. The Hall–Kier alpha value is -0.570. The molecule has 1 aliphatic carbocycles. The van der Waals surface area contributed by atoms with Gasteiger partial charge in [-0.3, -0.25) is 9.63 Å². The minimum absolute atomic E-state index is 0.0582. The van der Waals surface area contributed by atoms with Crippen molar-refractivity contribution in [2.45, 2.75) is 52.9 Å². The van der Waals surface area contributed by atoms with E-state index in [2.05, 4.69) is 19.3 Å². The second-order valence-corrected chi connectivity index (χ2v) is 5.26. The Morgan fingerprint density at radius 1 is 1.33 bits per heavy atom. The maximum Gasteiger partial charge on any atom is 0.249 e. The summed E-state index contributed by atoms with van der Waals surface area (Å²) in [7, 11) is 0. The van der Waals surface area contributed by atoms with E-state index >= 15 is 0 Å². The second-order valence-electron chi connectivity index (χ2n) is 5.26. The highest BCUT2D eigenvalue weighted by Crippen LogP contribution is 2.35. The van der Waals surface area contributed by atoms with Gasteiger partial charge in [-0.05, 0) is 18.8 Å². The minimum atomic E-state index is -0.199. The average Bonchev–Trinajstić information content (AvgIpc) is 2.18. The van der Waals surface area contributed by atoms with E-state index in [4.69, 9.17) is 4.84 Å². The summed E-state index contributed by atoms with van der Waals surface area (Å²) in [4.78, 5) is 17.0. The molecule has 0 saturated heterocycles. The summed E-state index contributed by atoms with van der Waals surface area (Å²) in [6.07, 6.45) is 5.56. The lowest BCUT2D eigenvalue weighted by Gasteiger charge is -2.31. The summed E-state index contributed by atoms with van der Waals surface area (Å²) < 4.78 is 0. The number of hydrogen-bond donors (Lipinski definition) is 1. The van der Waals surface area contributed by atoms with E-state index in [0.29, 0.717) is 12.5 Å². The van der Waals surface area contributed by atoms with Crippen molar-refractivity contribution in [1.82, 2.24) is 5.48 Å². The summed E-state index contributed by atoms with van der Waals surface area (Å²) in [5.41, 5.74) is 2.39. The molecule has 1 rings (SSSR count). The molecule has 0 aromatic heterocycles. The van der Waals surface area contributed by atoms with Gasteiger partial charge in [0.1, 0.15) is 0 Å². The first-order chi connectivity index (χ1) is 7.04. The topological polar surface area (TPSA) is 38.3 Å². The number of hydrogen-bond acceptors (Lipinski definition) is 2. The largest absolute Gasteiger partial charge is 0.273 e. The fourth-order valence-electron chi connectivity index (χ4n) is 1.96. The SMILES string of the molecule is CC(C)CONC(=O)C1(C)CCCCC1. The van der Waals surface area contributed by atoms with Gasteiger partial charge in [-0.15, -0.1) is 0 Å². The fraction of sp³-hybridized carbons (Fsp3) is 0.917. The molecule has 0 aromatic carbocycles. The number of carbonyl (C=O) groups is 1. The van der Waals surface area contributed by atoms with Gasteiger partial charge in [0, 0.05) is 5.41 Å². The molecule has 1 saturated carbocycles. The molecule has 0 atom stereocenters. The lowest BCUT2D eigenvalue weighted by Crippen LogP contribution is -2.40. The van der Waals surface area contributed by atoms with Crippen LogP contribution < -0.4 is 5.48 Å². The van der Waals surface area contributed by atoms with Crippen LogP contribution in [0.15, 0.2) is 0 Å². The molecule has 1 fully saturated rings.